The molecule has 6 aromatic rings. The van der Waals surface area contributed by atoms with Gasteiger partial charge in [-0.25, -0.2) is 19.0 Å². The highest BCUT2D eigenvalue weighted by Crippen LogP contribution is 2.34. The van der Waals surface area contributed by atoms with Crippen molar-refractivity contribution >= 4 is 17.1 Å². The normalized spacial score (nSPS) is 12.4. The minimum absolute atomic E-state index is 0.0470. The van der Waals surface area contributed by atoms with Crippen LogP contribution in [0.4, 0.5) is 26.3 Å². The highest BCUT2D eigenvalue weighted by Gasteiger charge is 2.32. The number of halogens is 6. The SMILES string of the molecule is Cc1cc(-c2cccc(C(F)(F)F)c2)n2ncc(C(=O)c3cnn4c(-c5cccc(C(F)(F)F)c5)cc(C)nc34)c2n1. The molecule has 0 aliphatic heterocycles. The number of hydrogen-bond acceptors (Lipinski definition) is 5. The maximum atomic E-state index is 13.8. The average Bonchev–Trinajstić information content (AvgIpc) is 3.55. The van der Waals surface area contributed by atoms with Crippen LogP contribution in [0.2, 0.25) is 0 Å². The lowest BCUT2D eigenvalue weighted by molar-refractivity contribution is -0.138. The number of hydrogen-bond donors (Lipinski definition) is 0. The number of aryl methyl sites for hydroxylation is 2. The number of aromatic nitrogens is 6. The number of nitrogens with zero attached hydrogens (tertiary/aromatic N) is 6. The van der Waals surface area contributed by atoms with Crippen molar-refractivity contribution in [1.82, 2.24) is 29.2 Å². The van der Waals surface area contributed by atoms with Gasteiger partial charge >= 0.3 is 12.4 Å². The third kappa shape index (κ3) is 4.66. The molecule has 0 aliphatic rings. The van der Waals surface area contributed by atoms with Crippen LogP contribution in [0.5, 0.6) is 0 Å². The fraction of sp³-hybridized carbons (Fsp3) is 0.138. The Morgan fingerprint density at radius 1 is 0.643 bits per heavy atom. The van der Waals surface area contributed by atoms with E-state index in [4.69, 9.17) is 0 Å². The third-order valence-electron chi connectivity index (χ3n) is 6.66. The van der Waals surface area contributed by atoms with Crippen molar-refractivity contribution in [3.63, 3.8) is 0 Å². The Bertz CT molecular complexity index is 1880. The summed E-state index contributed by atoms with van der Waals surface area (Å²) in [4.78, 5) is 22.6. The van der Waals surface area contributed by atoms with E-state index in [0.29, 0.717) is 22.8 Å². The van der Waals surface area contributed by atoms with E-state index < -0.39 is 29.3 Å². The van der Waals surface area contributed by atoms with Gasteiger partial charge in [0.1, 0.15) is 0 Å². The quantitative estimate of drug-likeness (QED) is 0.166. The third-order valence-corrected chi connectivity index (χ3v) is 6.66. The number of carbonyl (C=O) groups is 1. The molecular formula is C29H18F6N6O. The predicted octanol–water partition coefficient (Wildman–Crippen LogP) is 6.99. The molecule has 0 saturated heterocycles. The summed E-state index contributed by atoms with van der Waals surface area (Å²) < 4.78 is 82.8. The van der Waals surface area contributed by atoms with Crippen LogP contribution in [0, 0.1) is 13.8 Å². The summed E-state index contributed by atoms with van der Waals surface area (Å²) in [5, 5.41) is 8.50. The Kier molecular flexibility index (Phi) is 6.13. The summed E-state index contributed by atoms with van der Waals surface area (Å²) in [5.74, 6) is -0.568. The Balaban J connectivity index is 1.47. The van der Waals surface area contributed by atoms with Crippen LogP contribution in [0.3, 0.4) is 0 Å². The van der Waals surface area contributed by atoms with E-state index in [1.54, 1.807) is 26.0 Å². The first-order valence-electron chi connectivity index (χ1n) is 12.4. The van der Waals surface area contributed by atoms with Crippen molar-refractivity contribution in [3.05, 3.63) is 107 Å². The lowest BCUT2D eigenvalue weighted by atomic mass is 10.1. The summed E-state index contributed by atoms with van der Waals surface area (Å²) in [6.07, 6.45) is -6.59. The summed E-state index contributed by atoms with van der Waals surface area (Å²) in [6, 6.07) is 12.6. The van der Waals surface area contributed by atoms with Gasteiger partial charge in [0.2, 0.25) is 5.78 Å². The molecule has 13 heteroatoms. The van der Waals surface area contributed by atoms with Crippen LogP contribution < -0.4 is 0 Å². The van der Waals surface area contributed by atoms with Crippen molar-refractivity contribution in [2.24, 2.45) is 0 Å². The maximum Gasteiger partial charge on any atom is 0.416 e. The first-order chi connectivity index (χ1) is 19.8. The van der Waals surface area contributed by atoms with Crippen molar-refractivity contribution in [2.45, 2.75) is 26.2 Å². The second-order valence-electron chi connectivity index (χ2n) is 9.64. The molecular weight excluding hydrogens is 562 g/mol. The van der Waals surface area contributed by atoms with E-state index in [2.05, 4.69) is 20.2 Å². The predicted molar refractivity (Wildman–Crippen MR) is 140 cm³/mol. The van der Waals surface area contributed by atoms with Gasteiger partial charge < -0.3 is 0 Å². The second kappa shape index (κ2) is 9.50. The Morgan fingerprint density at radius 3 is 1.43 bits per heavy atom. The molecule has 0 atom stereocenters. The summed E-state index contributed by atoms with van der Waals surface area (Å²) in [6.45, 7) is 3.28. The average molecular weight is 580 g/mol. The van der Waals surface area contributed by atoms with E-state index in [0.717, 1.165) is 24.3 Å². The van der Waals surface area contributed by atoms with Gasteiger partial charge in [-0.15, -0.1) is 0 Å². The van der Waals surface area contributed by atoms with Gasteiger partial charge in [-0.2, -0.15) is 36.5 Å². The number of alkyl halides is 6. The van der Waals surface area contributed by atoms with E-state index in [-0.39, 0.29) is 33.5 Å². The summed E-state index contributed by atoms with van der Waals surface area (Å²) >= 11 is 0. The Morgan fingerprint density at radius 2 is 1.05 bits per heavy atom. The van der Waals surface area contributed by atoms with Crippen LogP contribution in [-0.2, 0) is 12.4 Å². The molecule has 0 saturated carbocycles. The highest BCUT2D eigenvalue weighted by molar-refractivity contribution is 6.15. The molecule has 6 rings (SSSR count). The molecule has 4 heterocycles. The van der Waals surface area contributed by atoms with E-state index in [1.807, 2.05) is 0 Å². The van der Waals surface area contributed by atoms with Crippen molar-refractivity contribution in [1.29, 1.82) is 0 Å². The number of rotatable bonds is 4. The second-order valence-corrected chi connectivity index (χ2v) is 9.64. The first-order valence-corrected chi connectivity index (χ1v) is 12.4. The van der Waals surface area contributed by atoms with Crippen LogP contribution in [0.1, 0.15) is 38.4 Å². The highest BCUT2D eigenvalue weighted by atomic mass is 19.4. The molecule has 2 aromatic carbocycles. The molecule has 0 amide bonds. The molecule has 42 heavy (non-hydrogen) atoms. The smallest absolute Gasteiger partial charge is 0.288 e. The molecule has 0 unspecified atom stereocenters. The molecule has 212 valence electrons. The lowest BCUT2D eigenvalue weighted by Gasteiger charge is -2.11. The largest absolute Gasteiger partial charge is 0.416 e. The van der Waals surface area contributed by atoms with Crippen molar-refractivity contribution < 1.29 is 31.1 Å². The van der Waals surface area contributed by atoms with Gasteiger partial charge in [0.25, 0.3) is 0 Å². The summed E-state index contributed by atoms with van der Waals surface area (Å²) in [7, 11) is 0. The topological polar surface area (TPSA) is 77.5 Å². The molecule has 0 fully saturated rings. The Hall–Kier alpha value is -5.07. The maximum absolute atomic E-state index is 13.8. The Labute approximate surface area is 233 Å². The summed E-state index contributed by atoms with van der Waals surface area (Å²) in [5.41, 5.74) is 0.544. The number of carbonyl (C=O) groups excluding carboxylic acids is 1. The van der Waals surface area contributed by atoms with Gasteiger partial charge in [0, 0.05) is 22.5 Å². The molecule has 0 radical (unpaired) electrons. The number of benzene rings is 2. The van der Waals surface area contributed by atoms with E-state index in [9.17, 15) is 31.1 Å². The van der Waals surface area contributed by atoms with Crippen molar-refractivity contribution in [3.8, 4) is 22.5 Å². The minimum Gasteiger partial charge on any atom is -0.288 e. The van der Waals surface area contributed by atoms with Crippen LogP contribution in [0.15, 0.2) is 73.1 Å². The van der Waals surface area contributed by atoms with E-state index in [1.165, 1.54) is 45.7 Å². The van der Waals surface area contributed by atoms with Gasteiger partial charge in [-0.05, 0) is 50.2 Å². The zero-order valence-electron chi connectivity index (χ0n) is 21.8. The zero-order valence-corrected chi connectivity index (χ0v) is 21.8. The van der Waals surface area contributed by atoms with Crippen molar-refractivity contribution in [2.75, 3.05) is 0 Å². The molecule has 0 N–H and O–H groups in total. The monoisotopic (exact) mass is 580 g/mol. The van der Waals surface area contributed by atoms with Crippen LogP contribution >= 0.6 is 0 Å². The van der Waals surface area contributed by atoms with Gasteiger partial charge in [-0.3, -0.25) is 4.79 Å². The molecule has 0 aliphatic carbocycles. The lowest BCUT2D eigenvalue weighted by Crippen LogP contribution is -2.07. The van der Waals surface area contributed by atoms with Gasteiger partial charge in [0.15, 0.2) is 11.3 Å². The van der Waals surface area contributed by atoms with Gasteiger partial charge in [0.05, 0.1) is 46.0 Å². The van der Waals surface area contributed by atoms with Gasteiger partial charge in [-0.1, -0.05) is 24.3 Å². The minimum atomic E-state index is -4.55. The molecule has 4 aromatic heterocycles. The van der Waals surface area contributed by atoms with Crippen LogP contribution in [0.25, 0.3) is 33.8 Å². The standard InChI is InChI=1S/C29H18F6N6O/c1-15-9-23(17-5-3-7-19(11-17)28(30,31)32)40-26(38-15)21(13-36-40)25(42)22-14-37-41-24(10-16(2)39-27(22)41)18-6-4-8-20(12-18)29(33,34)35/h3-14H,1-2H3. The molecule has 0 spiro atoms. The first kappa shape index (κ1) is 27.1. The fourth-order valence-corrected chi connectivity index (χ4v) is 4.75. The zero-order chi connectivity index (χ0) is 30.0. The molecule has 7 nitrogen and oxygen atoms in total. The molecule has 0 bridgehead atoms. The number of fused-ring (bicyclic) bond motifs is 2. The van der Waals surface area contributed by atoms with Crippen LogP contribution in [-0.4, -0.2) is 35.0 Å². The fourth-order valence-electron chi connectivity index (χ4n) is 4.75. The van der Waals surface area contributed by atoms with E-state index >= 15 is 0 Å². The number of ketones is 1.